The lowest BCUT2D eigenvalue weighted by Gasteiger charge is -2.06. The van der Waals surface area contributed by atoms with Crippen LogP contribution in [0.5, 0.6) is 0 Å². The number of benzene rings is 1. The number of carbonyl (C=O) groups excluding carboxylic acids is 1. The van der Waals surface area contributed by atoms with Crippen molar-refractivity contribution in [2.75, 3.05) is 11.6 Å². The minimum atomic E-state index is 0.0366. The number of amides is 1. The molecule has 5 heteroatoms. The summed E-state index contributed by atoms with van der Waals surface area (Å²) in [6.07, 6.45) is 3.23. The van der Waals surface area contributed by atoms with E-state index in [2.05, 4.69) is 10.4 Å². The number of aromatic nitrogens is 2. The number of thioether (sulfide) groups is 1. The first-order valence-electron chi connectivity index (χ1n) is 6.94. The van der Waals surface area contributed by atoms with Gasteiger partial charge >= 0.3 is 0 Å². The Morgan fingerprint density at radius 2 is 1.95 bits per heavy atom. The largest absolute Gasteiger partial charge is 0.326 e. The third-order valence-corrected chi connectivity index (χ3v) is 4.38. The molecule has 2 aromatic rings. The van der Waals surface area contributed by atoms with Crippen LogP contribution in [0.15, 0.2) is 29.2 Å². The van der Waals surface area contributed by atoms with Crippen molar-refractivity contribution in [3.63, 3.8) is 0 Å². The first kappa shape index (κ1) is 15.6. The second-order valence-corrected chi connectivity index (χ2v) is 5.93. The van der Waals surface area contributed by atoms with Gasteiger partial charge in [-0.1, -0.05) is 0 Å². The van der Waals surface area contributed by atoms with Gasteiger partial charge in [0.1, 0.15) is 0 Å². The van der Waals surface area contributed by atoms with E-state index in [-0.39, 0.29) is 5.91 Å². The smallest absolute Gasteiger partial charge is 0.224 e. The second kappa shape index (κ2) is 6.80. The highest BCUT2D eigenvalue weighted by Gasteiger charge is 2.11. The molecule has 0 atom stereocenters. The number of carbonyl (C=O) groups is 1. The Bertz CT molecular complexity index is 632. The monoisotopic (exact) mass is 303 g/mol. The van der Waals surface area contributed by atoms with Crippen molar-refractivity contribution < 1.29 is 4.79 Å². The predicted octanol–water partition coefficient (Wildman–Crippen LogP) is 3.33. The van der Waals surface area contributed by atoms with E-state index in [1.807, 2.05) is 56.1 Å². The van der Waals surface area contributed by atoms with Crippen LogP contribution in [-0.2, 0) is 18.3 Å². The second-order valence-electron chi connectivity index (χ2n) is 5.05. The summed E-state index contributed by atoms with van der Waals surface area (Å²) >= 11 is 1.69. The molecule has 0 bridgehead atoms. The van der Waals surface area contributed by atoms with Gasteiger partial charge in [-0.2, -0.15) is 5.10 Å². The Labute approximate surface area is 129 Å². The average Bonchev–Trinajstić information content (AvgIpc) is 2.71. The molecule has 0 fully saturated rings. The summed E-state index contributed by atoms with van der Waals surface area (Å²) in [6.45, 7) is 4.02. The molecule has 0 radical (unpaired) electrons. The van der Waals surface area contributed by atoms with Crippen LogP contribution in [0.25, 0.3) is 0 Å². The van der Waals surface area contributed by atoms with Crippen molar-refractivity contribution in [3.05, 3.63) is 41.2 Å². The Morgan fingerprint density at radius 1 is 1.29 bits per heavy atom. The molecule has 1 N–H and O–H groups in total. The van der Waals surface area contributed by atoms with Crippen molar-refractivity contribution in [2.24, 2.45) is 7.05 Å². The summed E-state index contributed by atoms with van der Waals surface area (Å²) in [5, 5.41) is 7.31. The van der Waals surface area contributed by atoms with Crippen molar-refractivity contribution in [2.45, 2.75) is 31.6 Å². The van der Waals surface area contributed by atoms with E-state index in [1.165, 1.54) is 10.5 Å². The van der Waals surface area contributed by atoms with Crippen LogP contribution in [-0.4, -0.2) is 21.9 Å². The summed E-state index contributed by atoms with van der Waals surface area (Å²) < 4.78 is 1.86. The number of nitrogens with one attached hydrogen (secondary N) is 1. The van der Waals surface area contributed by atoms with Gasteiger partial charge in [0.15, 0.2) is 0 Å². The first-order valence-corrected chi connectivity index (χ1v) is 8.16. The highest BCUT2D eigenvalue weighted by Crippen LogP contribution is 2.18. The maximum atomic E-state index is 12.0. The highest BCUT2D eigenvalue weighted by atomic mass is 32.2. The van der Waals surface area contributed by atoms with Crippen LogP contribution in [0.3, 0.4) is 0 Å². The minimum Gasteiger partial charge on any atom is -0.326 e. The topological polar surface area (TPSA) is 46.9 Å². The normalized spacial score (nSPS) is 10.7. The van der Waals surface area contributed by atoms with E-state index in [4.69, 9.17) is 0 Å². The molecule has 1 amide bonds. The Balaban J connectivity index is 1.92. The fourth-order valence-electron chi connectivity index (χ4n) is 2.32. The van der Waals surface area contributed by atoms with Crippen LogP contribution in [0.2, 0.25) is 0 Å². The van der Waals surface area contributed by atoms with E-state index < -0.39 is 0 Å². The highest BCUT2D eigenvalue weighted by molar-refractivity contribution is 7.98. The fourth-order valence-corrected chi connectivity index (χ4v) is 2.72. The first-order chi connectivity index (χ1) is 10.0. The molecule has 0 saturated carbocycles. The van der Waals surface area contributed by atoms with Crippen LogP contribution in [0.4, 0.5) is 5.69 Å². The Morgan fingerprint density at radius 3 is 2.48 bits per heavy atom. The molecule has 0 aliphatic carbocycles. The molecule has 0 aliphatic rings. The quantitative estimate of drug-likeness (QED) is 0.862. The minimum absolute atomic E-state index is 0.0366. The number of rotatable bonds is 5. The molecule has 0 saturated heterocycles. The van der Waals surface area contributed by atoms with Crippen LogP contribution < -0.4 is 5.32 Å². The number of anilines is 1. The molecule has 21 heavy (non-hydrogen) atoms. The van der Waals surface area contributed by atoms with Gasteiger partial charge in [-0.3, -0.25) is 9.48 Å². The zero-order valence-electron chi connectivity index (χ0n) is 12.9. The molecular formula is C16H21N3OS. The van der Waals surface area contributed by atoms with Gasteiger partial charge in [0, 0.05) is 29.7 Å². The Kier molecular flexibility index (Phi) is 5.07. The molecule has 112 valence electrons. The SMILES string of the molecule is CSc1ccc(NC(=O)CCc2c(C)nn(C)c2C)cc1. The van der Waals surface area contributed by atoms with Crippen LogP contribution in [0, 0.1) is 13.8 Å². The number of hydrogen-bond acceptors (Lipinski definition) is 3. The van der Waals surface area contributed by atoms with Gasteiger partial charge in [-0.05, 0) is 56.4 Å². The van der Waals surface area contributed by atoms with Gasteiger partial charge in [0.25, 0.3) is 0 Å². The third-order valence-electron chi connectivity index (χ3n) is 3.63. The molecule has 0 unspecified atom stereocenters. The summed E-state index contributed by atoms with van der Waals surface area (Å²) in [5.74, 6) is 0.0366. The molecule has 2 rings (SSSR count). The summed E-state index contributed by atoms with van der Waals surface area (Å²) in [7, 11) is 1.93. The van der Waals surface area contributed by atoms with Crippen molar-refractivity contribution >= 4 is 23.4 Å². The number of nitrogens with zero attached hydrogens (tertiary/aromatic N) is 2. The van der Waals surface area contributed by atoms with Crippen LogP contribution >= 0.6 is 11.8 Å². The summed E-state index contributed by atoms with van der Waals surface area (Å²) in [6, 6.07) is 7.89. The lowest BCUT2D eigenvalue weighted by molar-refractivity contribution is -0.116. The maximum Gasteiger partial charge on any atom is 0.224 e. The van der Waals surface area contributed by atoms with Gasteiger partial charge in [0.2, 0.25) is 5.91 Å². The summed E-state index contributed by atoms with van der Waals surface area (Å²) in [5.41, 5.74) is 4.15. The molecule has 1 heterocycles. The molecule has 4 nitrogen and oxygen atoms in total. The maximum absolute atomic E-state index is 12.0. The fraction of sp³-hybridized carbons (Fsp3) is 0.375. The van der Waals surface area contributed by atoms with Gasteiger partial charge < -0.3 is 5.32 Å². The predicted molar refractivity (Wildman–Crippen MR) is 87.9 cm³/mol. The average molecular weight is 303 g/mol. The molecule has 1 aromatic heterocycles. The van der Waals surface area contributed by atoms with Crippen molar-refractivity contribution in [1.29, 1.82) is 0 Å². The third kappa shape index (κ3) is 3.88. The van der Waals surface area contributed by atoms with Crippen LogP contribution in [0.1, 0.15) is 23.4 Å². The van der Waals surface area contributed by atoms with Crippen molar-refractivity contribution in [3.8, 4) is 0 Å². The van der Waals surface area contributed by atoms with E-state index in [0.29, 0.717) is 6.42 Å². The van der Waals surface area contributed by atoms with Gasteiger partial charge in [0.05, 0.1) is 5.69 Å². The molecule has 1 aromatic carbocycles. The van der Waals surface area contributed by atoms with Crippen molar-refractivity contribution in [1.82, 2.24) is 9.78 Å². The van der Waals surface area contributed by atoms with E-state index in [1.54, 1.807) is 11.8 Å². The lowest BCUT2D eigenvalue weighted by atomic mass is 10.1. The number of hydrogen-bond donors (Lipinski definition) is 1. The lowest BCUT2D eigenvalue weighted by Crippen LogP contribution is -2.12. The number of aryl methyl sites for hydroxylation is 2. The molecule has 0 spiro atoms. The summed E-state index contributed by atoms with van der Waals surface area (Å²) in [4.78, 5) is 13.2. The standard InChI is InChI=1S/C16H21N3OS/c1-11-15(12(2)19(3)18-11)9-10-16(20)17-13-5-7-14(21-4)8-6-13/h5-8H,9-10H2,1-4H3,(H,17,20). The van der Waals surface area contributed by atoms with Gasteiger partial charge in [-0.15, -0.1) is 11.8 Å². The van der Waals surface area contributed by atoms with Gasteiger partial charge in [-0.25, -0.2) is 0 Å². The zero-order chi connectivity index (χ0) is 15.4. The van der Waals surface area contributed by atoms with E-state index in [0.717, 1.165) is 23.5 Å². The van der Waals surface area contributed by atoms with E-state index in [9.17, 15) is 4.79 Å². The van der Waals surface area contributed by atoms with E-state index >= 15 is 0 Å². The zero-order valence-corrected chi connectivity index (χ0v) is 13.8. The Hall–Kier alpha value is -1.75. The molecular weight excluding hydrogens is 282 g/mol. The molecule has 0 aliphatic heterocycles.